The Bertz CT molecular complexity index is 1270. The molecule has 0 bridgehead atoms. The molecule has 0 fully saturated rings. The van der Waals surface area contributed by atoms with Crippen LogP contribution >= 0.6 is 22.7 Å². The first-order valence-corrected chi connectivity index (χ1v) is 11.1. The highest BCUT2D eigenvalue weighted by atomic mass is 32.2. The molecule has 0 spiro atoms. The van der Waals surface area contributed by atoms with E-state index in [4.69, 9.17) is 0 Å². The van der Waals surface area contributed by atoms with Crippen LogP contribution in [0.25, 0.3) is 20.4 Å². The molecule has 0 aliphatic carbocycles. The van der Waals surface area contributed by atoms with Crippen LogP contribution in [-0.2, 0) is 9.84 Å². The van der Waals surface area contributed by atoms with E-state index in [0.29, 0.717) is 5.13 Å². The van der Waals surface area contributed by atoms with Crippen molar-refractivity contribution in [1.29, 1.82) is 0 Å². The van der Waals surface area contributed by atoms with Gasteiger partial charge in [-0.2, -0.15) is 0 Å². The summed E-state index contributed by atoms with van der Waals surface area (Å²) in [6.07, 6.45) is 1.11. The Balaban J connectivity index is 1.69. The van der Waals surface area contributed by atoms with E-state index >= 15 is 0 Å². The van der Waals surface area contributed by atoms with Gasteiger partial charge in [-0.15, -0.1) is 11.3 Å². The van der Waals surface area contributed by atoms with Gasteiger partial charge in [0.05, 0.1) is 24.8 Å². The summed E-state index contributed by atoms with van der Waals surface area (Å²) < 4.78 is 25.3. The third-order valence-corrected chi connectivity index (χ3v) is 6.81. The summed E-state index contributed by atoms with van der Waals surface area (Å²) in [7, 11) is -3.37. The molecule has 2 aromatic heterocycles. The van der Waals surface area contributed by atoms with Crippen molar-refractivity contribution in [2.45, 2.75) is 11.8 Å². The van der Waals surface area contributed by atoms with E-state index < -0.39 is 15.7 Å². The zero-order valence-electron chi connectivity index (χ0n) is 13.8. The lowest BCUT2D eigenvalue weighted by molar-refractivity contribution is 0.102. The Hall–Kier alpha value is -2.36. The average molecular weight is 404 g/mol. The fraction of sp³-hybridized carbons (Fsp3) is 0.118. The molecule has 0 radical (unpaired) electrons. The molecule has 4 rings (SSSR count). The SMILES string of the molecule is Cc1nc2c(ccc3nc(NC(=O)c4cccc(S(C)(=O)=O)c4)sc32)s1. The lowest BCUT2D eigenvalue weighted by Gasteiger charge is -2.03. The molecular formula is C17H13N3O3S3. The largest absolute Gasteiger partial charge is 0.298 e. The van der Waals surface area contributed by atoms with Gasteiger partial charge < -0.3 is 0 Å². The van der Waals surface area contributed by atoms with Gasteiger partial charge in [-0.1, -0.05) is 17.4 Å². The summed E-state index contributed by atoms with van der Waals surface area (Å²) in [6, 6.07) is 9.82. The highest BCUT2D eigenvalue weighted by Crippen LogP contribution is 2.34. The number of nitrogens with zero attached hydrogens (tertiary/aromatic N) is 2. The summed E-state index contributed by atoms with van der Waals surface area (Å²) >= 11 is 2.97. The maximum atomic E-state index is 12.5. The number of rotatable bonds is 3. The third-order valence-electron chi connectivity index (χ3n) is 3.77. The highest BCUT2D eigenvalue weighted by molar-refractivity contribution is 7.90. The summed E-state index contributed by atoms with van der Waals surface area (Å²) in [5, 5.41) is 4.17. The fourth-order valence-electron chi connectivity index (χ4n) is 2.58. The molecule has 0 saturated heterocycles. The number of aryl methyl sites for hydroxylation is 1. The minimum absolute atomic E-state index is 0.106. The maximum absolute atomic E-state index is 12.5. The third kappa shape index (κ3) is 3.09. The minimum atomic E-state index is -3.37. The first-order valence-electron chi connectivity index (χ1n) is 7.59. The zero-order valence-corrected chi connectivity index (χ0v) is 16.3. The van der Waals surface area contributed by atoms with E-state index in [2.05, 4.69) is 15.3 Å². The number of hydrogen-bond acceptors (Lipinski definition) is 7. The van der Waals surface area contributed by atoms with Crippen molar-refractivity contribution in [2.24, 2.45) is 0 Å². The van der Waals surface area contributed by atoms with Crippen LogP contribution in [0.1, 0.15) is 15.4 Å². The number of sulfone groups is 1. The predicted octanol–water partition coefficient (Wildman–Crippen LogP) is 3.87. The number of carbonyl (C=O) groups is 1. The van der Waals surface area contributed by atoms with Gasteiger partial charge in [-0.05, 0) is 37.3 Å². The van der Waals surface area contributed by atoms with Gasteiger partial charge in [0.15, 0.2) is 15.0 Å². The van der Waals surface area contributed by atoms with Crippen LogP contribution in [0.4, 0.5) is 5.13 Å². The van der Waals surface area contributed by atoms with Crippen molar-refractivity contribution in [3.05, 3.63) is 47.0 Å². The lowest BCUT2D eigenvalue weighted by atomic mass is 10.2. The molecule has 0 aliphatic heterocycles. The van der Waals surface area contributed by atoms with Gasteiger partial charge in [0.2, 0.25) is 0 Å². The van der Waals surface area contributed by atoms with Crippen LogP contribution < -0.4 is 5.32 Å². The summed E-state index contributed by atoms with van der Waals surface area (Å²) in [4.78, 5) is 21.6. The molecule has 132 valence electrons. The number of amides is 1. The van der Waals surface area contributed by atoms with E-state index in [1.165, 1.54) is 23.5 Å². The normalized spacial score (nSPS) is 11.9. The molecular weight excluding hydrogens is 390 g/mol. The second kappa shape index (κ2) is 6.11. The molecule has 2 heterocycles. The molecule has 1 amide bonds. The summed E-state index contributed by atoms with van der Waals surface area (Å²) in [6.45, 7) is 1.95. The molecule has 0 atom stereocenters. The van der Waals surface area contributed by atoms with E-state index in [1.54, 1.807) is 23.5 Å². The number of thiazole rings is 2. The second-order valence-electron chi connectivity index (χ2n) is 5.77. The van der Waals surface area contributed by atoms with Gasteiger partial charge in [0.1, 0.15) is 5.52 Å². The number of benzene rings is 2. The maximum Gasteiger partial charge on any atom is 0.257 e. The van der Waals surface area contributed by atoms with Gasteiger partial charge in [0, 0.05) is 11.8 Å². The van der Waals surface area contributed by atoms with Crippen LogP contribution in [0.2, 0.25) is 0 Å². The monoisotopic (exact) mass is 403 g/mol. The van der Waals surface area contributed by atoms with E-state index in [0.717, 1.165) is 31.7 Å². The molecule has 0 aliphatic rings. The summed E-state index contributed by atoms with van der Waals surface area (Å²) in [5.41, 5.74) is 1.93. The Morgan fingerprint density at radius 1 is 1.12 bits per heavy atom. The first kappa shape index (κ1) is 17.1. The molecule has 0 unspecified atom stereocenters. The standard InChI is InChI=1S/C17H13N3O3S3/c1-9-18-14-13(24-9)7-6-12-15(14)25-17(19-12)20-16(21)10-4-3-5-11(8-10)26(2,22)23/h3-8H,1-2H3,(H,19,20,21). The predicted molar refractivity (Wildman–Crippen MR) is 105 cm³/mol. The molecule has 4 aromatic rings. The second-order valence-corrected chi connectivity index (χ2v) is 10.0. The molecule has 26 heavy (non-hydrogen) atoms. The van der Waals surface area contributed by atoms with Crippen LogP contribution in [0.3, 0.4) is 0 Å². The Morgan fingerprint density at radius 2 is 1.92 bits per heavy atom. The Kier molecular flexibility index (Phi) is 4.02. The topological polar surface area (TPSA) is 89.0 Å². The van der Waals surface area contributed by atoms with Gasteiger partial charge in [-0.3, -0.25) is 10.1 Å². The molecule has 9 heteroatoms. The van der Waals surface area contributed by atoms with E-state index in [1.807, 2.05) is 19.1 Å². The zero-order chi connectivity index (χ0) is 18.5. The van der Waals surface area contributed by atoms with Crippen LogP contribution in [0.15, 0.2) is 41.3 Å². The fourth-order valence-corrected chi connectivity index (χ4v) is 5.10. The number of fused-ring (bicyclic) bond motifs is 3. The average Bonchev–Trinajstić information content (AvgIpc) is 3.16. The van der Waals surface area contributed by atoms with E-state index in [-0.39, 0.29) is 10.5 Å². The molecule has 6 nitrogen and oxygen atoms in total. The molecule has 1 N–H and O–H groups in total. The van der Waals surface area contributed by atoms with E-state index in [9.17, 15) is 13.2 Å². The Labute approximate surface area is 157 Å². The smallest absolute Gasteiger partial charge is 0.257 e. The van der Waals surface area contributed by atoms with Crippen molar-refractivity contribution in [3.8, 4) is 0 Å². The molecule has 2 aromatic carbocycles. The van der Waals surface area contributed by atoms with Crippen molar-refractivity contribution >= 4 is 64.0 Å². The van der Waals surface area contributed by atoms with Gasteiger partial charge >= 0.3 is 0 Å². The quantitative estimate of drug-likeness (QED) is 0.561. The number of nitrogens with one attached hydrogen (secondary N) is 1. The van der Waals surface area contributed by atoms with Crippen molar-refractivity contribution in [1.82, 2.24) is 9.97 Å². The minimum Gasteiger partial charge on any atom is -0.298 e. The van der Waals surface area contributed by atoms with Crippen molar-refractivity contribution in [3.63, 3.8) is 0 Å². The number of aromatic nitrogens is 2. The number of anilines is 1. The lowest BCUT2D eigenvalue weighted by Crippen LogP contribution is -2.12. The van der Waals surface area contributed by atoms with Crippen molar-refractivity contribution < 1.29 is 13.2 Å². The van der Waals surface area contributed by atoms with Crippen LogP contribution in [-0.4, -0.2) is 30.5 Å². The first-order chi connectivity index (χ1) is 12.3. The van der Waals surface area contributed by atoms with Gasteiger partial charge in [0.25, 0.3) is 5.91 Å². The van der Waals surface area contributed by atoms with Crippen LogP contribution in [0.5, 0.6) is 0 Å². The van der Waals surface area contributed by atoms with Gasteiger partial charge in [-0.25, -0.2) is 18.4 Å². The molecule has 0 saturated carbocycles. The highest BCUT2D eigenvalue weighted by Gasteiger charge is 2.15. The number of carbonyl (C=O) groups excluding carboxylic acids is 1. The summed E-state index contributed by atoms with van der Waals surface area (Å²) in [5.74, 6) is -0.403. The van der Waals surface area contributed by atoms with Crippen LogP contribution in [0, 0.1) is 6.92 Å². The Morgan fingerprint density at radius 3 is 2.69 bits per heavy atom. The van der Waals surface area contributed by atoms with Crippen molar-refractivity contribution in [2.75, 3.05) is 11.6 Å². The number of hydrogen-bond donors (Lipinski definition) is 1.